The van der Waals surface area contributed by atoms with Gasteiger partial charge in [-0.25, -0.2) is 0 Å². The fourth-order valence-corrected chi connectivity index (χ4v) is 1.22. The van der Waals surface area contributed by atoms with Gasteiger partial charge in [0, 0.05) is 25.5 Å². The number of ether oxygens (including phenoxy) is 1. The van der Waals surface area contributed by atoms with Crippen LogP contribution in [0, 0.1) is 0 Å². The van der Waals surface area contributed by atoms with E-state index in [-0.39, 0.29) is 0 Å². The summed E-state index contributed by atoms with van der Waals surface area (Å²) >= 11 is 0. The molecule has 0 aliphatic heterocycles. The van der Waals surface area contributed by atoms with Gasteiger partial charge in [-0.1, -0.05) is 5.10 Å². The molecular formula is C10H14N4O2. The lowest BCUT2D eigenvalue weighted by Crippen LogP contribution is -1.97. The van der Waals surface area contributed by atoms with E-state index in [0.29, 0.717) is 31.7 Å². The maximum atomic E-state index is 5.32. The summed E-state index contributed by atoms with van der Waals surface area (Å²) in [6.45, 7) is 3.56. The number of nitrogens with one attached hydrogen (secondary N) is 2. The molecule has 2 heterocycles. The molecule has 0 spiro atoms. The lowest BCUT2D eigenvalue weighted by Gasteiger charge is -1.97. The Hall–Kier alpha value is -1.82. The van der Waals surface area contributed by atoms with Gasteiger partial charge in [0.15, 0.2) is 0 Å². The summed E-state index contributed by atoms with van der Waals surface area (Å²) < 4.78 is 10.5. The molecule has 0 saturated heterocycles. The lowest BCUT2D eigenvalue weighted by atomic mass is 10.3. The smallest absolute Gasteiger partial charge is 0.315 e. The Morgan fingerprint density at radius 1 is 1.50 bits per heavy atom. The molecule has 0 aliphatic carbocycles. The van der Waals surface area contributed by atoms with E-state index in [1.54, 1.807) is 0 Å². The number of hydrogen-bond acceptors (Lipinski definition) is 5. The van der Waals surface area contributed by atoms with Crippen LogP contribution < -0.4 is 5.32 Å². The fraction of sp³-hybridized carbons (Fsp3) is 0.400. The maximum absolute atomic E-state index is 5.32. The van der Waals surface area contributed by atoms with Crippen molar-refractivity contribution in [2.45, 2.75) is 20.1 Å². The zero-order chi connectivity index (χ0) is 11.2. The molecule has 0 saturated carbocycles. The van der Waals surface area contributed by atoms with E-state index in [1.165, 1.54) is 0 Å². The molecule has 0 amide bonds. The molecule has 2 aromatic heterocycles. The first-order valence-electron chi connectivity index (χ1n) is 5.14. The second-order valence-corrected chi connectivity index (χ2v) is 3.21. The van der Waals surface area contributed by atoms with Gasteiger partial charge in [0.25, 0.3) is 0 Å². The molecule has 0 aliphatic rings. The molecule has 2 N–H and O–H groups in total. The molecule has 0 bridgehead atoms. The number of aromatic amines is 1. The molecule has 86 valence electrons. The van der Waals surface area contributed by atoms with Crippen LogP contribution in [0.2, 0.25) is 0 Å². The molecular weight excluding hydrogens is 208 g/mol. The first-order valence-corrected chi connectivity index (χ1v) is 5.14. The maximum Gasteiger partial charge on any atom is 0.315 e. The SMILES string of the molecule is CCOCc1nnc(NCc2cc[nH]c2)o1. The highest BCUT2D eigenvalue weighted by atomic mass is 16.5. The first-order chi connectivity index (χ1) is 7.88. The molecule has 6 nitrogen and oxygen atoms in total. The predicted octanol–water partition coefficient (Wildman–Crippen LogP) is 1.55. The van der Waals surface area contributed by atoms with E-state index < -0.39 is 0 Å². The van der Waals surface area contributed by atoms with Crippen molar-refractivity contribution in [1.82, 2.24) is 15.2 Å². The minimum atomic E-state index is 0.356. The van der Waals surface area contributed by atoms with E-state index in [4.69, 9.17) is 9.15 Å². The van der Waals surface area contributed by atoms with Crippen molar-refractivity contribution in [3.05, 3.63) is 29.9 Å². The predicted molar refractivity (Wildman–Crippen MR) is 57.7 cm³/mol. The summed E-state index contributed by atoms with van der Waals surface area (Å²) in [5.74, 6) is 0.485. The second-order valence-electron chi connectivity index (χ2n) is 3.21. The van der Waals surface area contributed by atoms with Gasteiger partial charge >= 0.3 is 6.01 Å². The summed E-state index contributed by atoms with van der Waals surface area (Å²) in [5.41, 5.74) is 1.13. The van der Waals surface area contributed by atoms with Crippen LogP contribution in [-0.4, -0.2) is 21.8 Å². The topological polar surface area (TPSA) is 76.0 Å². The zero-order valence-electron chi connectivity index (χ0n) is 9.06. The quantitative estimate of drug-likeness (QED) is 0.775. The van der Waals surface area contributed by atoms with Gasteiger partial charge in [0.1, 0.15) is 6.61 Å². The van der Waals surface area contributed by atoms with Crippen molar-refractivity contribution in [2.24, 2.45) is 0 Å². The summed E-state index contributed by atoms with van der Waals surface area (Å²) in [4.78, 5) is 2.97. The van der Waals surface area contributed by atoms with Crippen molar-refractivity contribution in [2.75, 3.05) is 11.9 Å². The van der Waals surface area contributed by atoms with Crippen molar-refractivity contribution < 1.29 is 9.15 Å². The summed E-state index contributed by atoms with van der Waals surface area (Å²) in [7, 11) is 0. The van der Waals surface area contributed by atoms with Gasteiger partial charge in [-0.3, -0.25) is 0 Å². The largest absolute Gasteiger partial charge is 0.406 e. The molecule has 0 atom stereocenters. The average molecular weight is 222 g/mol. The van der Waals surface area contributed by atoms with E-state index in [2.05, 4.69) is 20.5 Å². The minimum Gasteiger partial charge on any atom is -0.406 e. The number of anilines is 1. The van der Waals surface area contributed by atoms with Crippen LogP contribution in [0.1, 0.15) is 18.4 Å². The van der Waals surface area contributed by atoms with E-state index in [1.807, 2.05) is 25.4 Å². The highest BCUT2D eigenvalue weighted by Crippen LogP contribution is 2.08. The van der Waals surface area contributed by atoms with Crippen molar-refractivity contribution in [3.8, 4) is 0 Å². The first kappa shape index (κ1) is 10.7. The Kier molecular flexibility index (Phi) is 3.55. The van der Waals surface area contributed by atoms with E-state index >= 15 is 0 Å². The number of hydrogen-bond donors (Lipinski definition) is 2. The number of aromatic nitrogens is 3. The average Bonchev–Trinajstić information content (AvgIpc) is 2.95. The van der Waals surface area contributed by atoms with Gasteiger partial charge in [-0.15, -0.1) is 5.10 Å². The molecule has 0 unspecified atom stereocenters. The lowest BCUT2D eigenvalue weighted by molar-refractivity contribution is 0.115. The molecule has 16 heavy (non-hydrogen) atoms. The van der Waals surface area contributed by atoms with Crippen LogP contribution in [0.3, 0.4) is 0 Å². The number of rotatable bonds is 6. The van der Waals surface area contributed by atoms with Crippen LogP contribution in [0.15, 0.2) is 22.9 Å². The van der Waals surface area contributed by atoms with Gasteiger partial charge in [-0.2, -0.15) is 0 Å². The standard InChI is InChI=1S/C10H14N4O2/c1-2-15-7-9-13-14-10(16-9)12-6-8-3-4-11-5-8/h3-5,11H,2,6-7H2,1H3,(H,12,14). The highest BCUT2D eigenvalue weighted by molar-refractivity contribution is 5.21. The third-order valence-corrected chi connectivity index (χ3v) is 2.00. The summed E-state index contributed by atoms with van der Waals surface area (Å²) in [6.07, 6.45) is 3.77. The third-order valence-electron chi connectivity index (χ3n) is 2.00. The van der Waals surface area contributed by atoms with Crippen LogP contribution >= 0.6 is 0 Å². The molecule has 2 aromatic rings. The van der Waals surface area contributed by atoms with Crippen molar-refractivity contribution in [1.29, 1.82) is 0 Å². The highest BCUT2D eigenvalue weighted by Gasteiger charge is 2.05. The Balaban J connectivity index is 1.83. The zero-order valence-corrected chi connectivity index (χ0v) is 9.06. The van der Waals surface area contributed by atoms with Crippen LogP contribution in [0.25, 0.3) is 0 Å². The third kappa shape index (κ3) is 2.83. The van der Waals surface area contributed by atoms with E-state index in [0.717, 1.165) is 5.56 Å². The van der Waals surface area contributed by atoms with Gasteiger partial charge in [0.05, 0.1) is 0 Å². The second kappa shape index (κ2) is 5.32. The Bertz CT molecular complexity index is 410. The van der Waals surface area contributed by atoms with Crippen LogP contribution in [0.4, 0.5) is 6.01 Å². The molecule has 6 heteroatoms. The number of H-pyrrole nitrogens is 1. The molecule has 0 fully saturated rings. The summed E-state index contributed by atoms with van der Waals surface area (Å²) in [6, 6.07) is 2.39. The van der Waals surface area contributed by atoms with Crippen LogP contribution in [-0.2, 0) is 17.9 Å². The molecule has 0 aromatic carbocycles. The molecule has 2 rings (SSSR count). The molecule has 0 radical (unpaired) electrons. The van der Waals surface area contributed by atoms with Crippen molar-refractivity contribution in [3.63, 3.8) is 0 Å². The number of nitrogens with zero attached hydrogens (tertiary/aromatic N) is 2. The van der Waals surface area contributed by atoms with Crippen LogP contribution in [0.5, 0.6) is 0 Å². The van der Waals surface area contributed by atoms with Gasteiger partial charge in [-0.05, 0) is 18.6 Å². The fourth-order valence-electron chi connectivity index (χ4n) is 1.22. The Labute approximate surface area is 93.0 Å². The van der Waals surface area contributed by atoms with E-state index in [9.17, 15) is 0 Å². The van der Waals surface area contributed by atoms with Gasteiger partial charge in [0.2, 0.25) is 5.89 Å². The minimum absolute atomic E-state index is 0.356. The van der Waals surface area contributed by atoms with Crippen molar-refractivity contribution >= 4 is 6.01 Å². The summed E-state index contributed by atoms with van der Waals surface area (Å²) in [5, 5.41) is 10.7. The Morgan fingerprint density at radius 3 is 3.19 bits per heavy atom. The monoisotopic (exact) mass is 222 g/mol. The Morgan fingerprint density at radius 2 is 2.44 bits per heavy atom. The normalized spacial score (nSPS) is 10.6. The van der Waals surface area contributed by atoms with Gasteiger partial charge < -0.3 is 19.5 Å².